The lowest BCUT2D eigenvalue weighted by atomic mass is 10.0. The number of hydrogen-bond donors (Lipinski definition) is 4. The summed E-state index contributed by atoms with van der Waals surface area (Å²) in [5.74, 6) is 0. The van der Waals surface area contributed by atoms with Gasteiger partial charge in [-0.05, 0) is 49.8 Å². The number of rotatable bonds is 7. The number of nitrogen functional groups attached to an aromatic ring is 1. The maximum Gasteiger partial charge on any atom is 0.315 e. The molecule has 0 bridgehead atoms. The van der Waals surface area contributed by atoms with Crippen molar-refractivity contribution in [1.82, 2.24) is 10.6 Å². The zero-order valence-corrected chi connectivity index (χ0v) is 11.7. The van der Waals surface area contributed by atoms with Crippen molar-refractivity contribution in [2.24, 2.45) is 0 Å². The van der Waals surface area contributed by atoms with Crippen molar-refractivity contribution in [3.05, 3.63) is 29.8 Å². The number of unbranched alkanes of at least 4 members (excludes halogenated alkanes) is 2. The Morgan fingerprint density at radius 1 is 1.30 bits per heavy atom. The lowest BCUT2D eigenvalue weighted by molar-refractivity contribution is 0.235. The van der Waals surface area contributed by atoms with Gasteiger partial charge >= 0.3 is 6.03 Å². The molecule has 0 spiro atoms. The minimum Gasteiger partial charge on any atom is -0.399 e. The smallest absolute Gasteiger partial charge is 0.315 e. The highest BCUT2D eigenvalue weighted by Crippen LogP contribution is 2.45. The van der Waals surface area contributed by atoms with Crippen LogP contribution in [0, 0.1) is 0 Å². The van der Waals surface area contributed by atoms with Crippen molar-refractivity contribution in [3.8, 4) is 0 Å². The lowest BCUT2D eigenvalue weighted by Crippen LogP contribution is -2.42. The van der Waals surface area contributed by atoms with Crippen LogP contribution in [0.5, 0.6) is 0 Å². The molecule has 0 aromatic heterocycles. The molecule has 1 saturated carbocycles. The van der Waals surface area contributed by atoms with Gasteiger partial charge in [-0.25, -0.2) is 4.79 Å². The zero-order chi connectivity index (χ0) is 14.4. The van der Waals surface area contributed by atoms with Crippen molar-refractivity contribution in [2.75, 3.05) is 18.9 Å². The van der Waals surface area contributed by atoms with E-state index in [1.54, 1.807) is 0 Å². The summed E-state index contributed by atoms with van der Waals surface area (Å²) < 4.78 is 0. The molecule has 5 heteroatoms. The van der Waals surface area contributed by atoms with Gasteiger partial charge in [0, 0.05) is 18.8 Å². The third-order valence-corrected chi connectivity index (χ3v) is 3.66. The number of amides is 2. The zero-order valence-electron chi connectivity index (χ0n) is 11.7. The molecule has 2 rings (SSSR count). The van der Waals surface area contributed by atoms with Crippen molar-refractivity contribution >= 4 is 11.7 Å². The van der Waals surface area contributed by atoms with Crippen LogP contribution < -0.4 is 16.4 Å². The number of carbonyl (C=O) groups is 1. The van der Waals surface area contributed by atoms with Crippen LogP contribution in [0.25, 0.3) is 0 Å². The molecule has 5 nitrogen and oxygen atoms in total. The van der Waals surface area contributed by atoms with Crippen LogP contribution >= 0.6 is 0 Å². The fourth-order valence-corrected chi connectivity index (χ4v) is 2.32. The molecular formula is C15H23N3O2. The van der Waals surface area contributed by atoms with Crippen LogP contribution in [-0.2, 0) is 5.54 Å². The molecular weight excluding hydrogens is 254 g/mol. The lowest BCUT2D eigenvalue weighted by Gasteiger charge is -2.19. The first-order valence-electron chi connectivity index (χ1n) is 7.19. The molecule has 0 heterocycles. The Morgan fingerprint density at radius 2 is 2.10 bits per heavy atom. The predicted molar refractivity (Wildman–Crippen MR) is 79.2 cm³/mol. The quantitative estimate of drug-likeness (QED) is 0.452. The monoisotopic (exact) mass is 277 g/mol. The number of carbonyl (C=O) groups excluding carboxylic acids is 1. The van der Waals surface area contributed by atoms with Gasteiger partial charge in [-0.1, -0.05) is 12.1 Å². The molecule has 1 aliphatic carbocycles. The topological polar surface area (TPSA) is 87.4 Å². The van der Waals surface area contributed by atoms with Crippen LogP contribution in [0.3, 0.4) is 0 Å². The standard InChI is InChI=1S/C15H23N3O2/c16-13-6-4-5-12(11-13)15(7-8-15)18-14(20)17-9-2-1-3-10-19/h4-6,11,19H,1-3,7-10,16H2,(H2,17,18,20). The first kappa shape index (κ1) is 14.7. The number of nitrogens with two attached hydrogens (primary N) is 1. The van der Waals surface area contributed by atoms with E-state index in [-0.39, 0.29) is 18.2 Å². The van der Waals surface area contributed by atoms with Crippen molar-refractivity contribution in [2.45, 2.75) is 37.6 Å². The molecule has 0 saturated heterocycles. The molecule has 0 atom stereocenters. The number of urea groups is 1. The first-order chi connectivity index (χ1) is 9.66. The van der Waals surface area contributed by atoms with Gasteiger partial charge in [-0.2, -0.15) is 0 Å². The van der Waals surface area contributed by atoms with Crippen LogP contribution in [-0.4, -0.2) is 24.3 Å². The van der Waals surface area contributed by atoms with Gasteiger partial charge in [0.2, 0.25) is 0 Å². The Balaban J connectivity index is 1.79. The summed E-state index contributed by atoms with van der Waals surface area (Å²) in [5.41, 5.74) is 7.36. The van der Waals surface area contributed by atoms with E-state index >= 15 is 0 Å². The Kier molecular flexibility index (Phi) is 4.84. The maximum absolute atomic E-state index is 11.9. The summed E-state index contributed by atoms with van der Waals surface area (Å²) in [6, 6.07) is 7.56. The van der Waals surface area contributed by atoms with Gasteiger partial charge in [0.25, 0.3) is 0 Å². The van der Waals surface area contributed by atoms with E-state index in [1.807, 2.05) is 24.3 Å². The minimum atomic E-state index is -0.232. The third-order valence-electron chi connectivity index (χ3n) is 3.66. The highest BCUT2D eigenvalue weighted by atomic mass is 16.2. The van der Waals surface area contributed by atoms with E-state index in [9.17, 15) is 4.79 Å². The van der Waals surface area contributed by atoms with E-state index in [2.05, 4.69) is 10.6 Å². The Bertz CT molecular complexity index is 458. The Hall–Kier alpha value is -1.75. The van der Waals surface area contributed by atoms with E-state index in [1.165, 1.54) is 0 Å². The first-order valence-corrected chi connectivity index (χ1v) is 7.19. The maximum atomic E-state index is 11.9. The largest absolute Gasteiger partial charge is 0.399 e. The van der Waals surface area contributed by atoms with Gasteiger partial charge in [-0.15, -0.1) is 0 Å². The normalized spacial score (nSPS) is 15.7. The summed E-state index contributed by atoms with van der Waals surface area (Å²) in [4.78, 5) is 11.9. The van der Waals surface area contributed by atoms with E-state index in [0.29, 0.717) is 6.54 Å². The van der Waals surface area contributed by atoms with Crippen LogP contribution in [0.1, 0.15) is 37.7 Å². The summed E-state index contributed by atoms with van der Waals surface area (Å²) in [6.07, 6.45) is 4.51. The van der Waals surface area contributed by atoms with Crippen molar-refractivity contribution in [3.63, 3.8) is 0 Å². The average molecular weight is 277 g/mol. The van der Waals surface area contributed by atoms with Crippen LogP contribution in [0.4, 0.5) is 10.5 Å². The second kappa shape index (κ2) is 6.61. The molecule has 1 fully saturated rings. The molecule has 0 unspecified atom stereocenters. The fourth-order valence-electron chi connectivity index (χ4n) is 2.32. The summed E-state index contributed by atoms with van der Waals surface area (Å²) >= 11 is 0. The Labute approximate surface area is 119 Å². The molecule has 1 aromatic rings. The van der Waals surface area contributed by atoms with Gasteiger partial charge < -0.3 is 21.5 Å². The second-order valence-electron chi connectivity index (χ2n) is 5.37. The molecule has 1 aliphatic rings. The highest BCUT2D eigenvalue weighted by molar-refractivity contribution is 5.75. The molecule has 0 aliphatic heterocycles. The minimum absolute atomic E-state index is 0.131. The fraction of sp³-hybridized carbons (Fsp3) is 0.533. The molecule has 110 valence electrons. The Morgan fingerprint density at radius 3 is 2.75 bits per heavy atom. The van der Waals surface area contributed by atoms with Crippen molar-refractivity contribution in [1.29, 1.82) is 0 Å². The molecule has 20 heavy (non-hydrogen) atoms. The van der Waals surface area contributed by atoms with Gasteiger partial charge in [-0.3, -0.25) is 0 Å². The second-order valence-corrected chi connectivity index (χ2v) is 5.37. The van der Waals surface area contributed by atoms with E-state index < -0.39 is 0 Å². The molecule has 5 N–H and O–H groups in total. The number of anilines is 1. The highest BCUT2D eigenvalue weighted by Gasteiger charge is 2.45. The van der Waals surface area contributed by atoms with Gasteiger partial charge in [0.1, 0.15) is 0 Å². The summed E-state index contributed by atoms with van der Waals surface area (Å²) in [7, 11) is 0. The predicted octanol–water partition coefficient (Wildman–Crippen LogP) is 1.72. The molecule has 2 amide bonds. The number of aliphatic hydroxyl groups is 1. The number of benzene rings is 1. The molecule has 1 aromatic carbocycles. The number of aliphatic hydroxyl groups excluding tert-OH is 1. The van der Waals surface area contributed by atoms with Crippen LogP contribution in [0.15, 0.2) is 24.3 Å². The number of hydrogen-bond acceptors (Lipinski definition) is 3. The van der Waals surface area contributed by atoms with Crippen LogP contribution in [0.2, 0.25) is 0 Å². The van der Waals surface area contributed by atoms with E-state index in [4.69, 9.17) is 10.8 Å². The summed E-state index contributed by atoms with van der Waals surface area (Å²) in [6.45, 7) is 0.851. The van der Waals surface area contributed by atoms with Crippen molar-refractivity contribution < 1.29 is 9.90 Å². The molecule has 0 radical (unpaired) electrons. The van der Waals surface area contributed by atoms with Gasteiger partial charge in [0.15, 0.2) is 0 Å². The average Bonchev–Trinajstić information content (AvgIpc) is 3.19. The van der Waals surface area contributed by atoms with E-state index in [0.717, 1.165) is 43.4 Å². The number of nitrogens with one attached hydrogen (secondary N) is 2. The summed E-state index contributed by atoms with van der Waals surface area (Å²) in [5, 5.41) is 14.6. The SMILES string of the molecule is Nc1cccc(C2(NC(=O)NCCCCCO)CC2)c1. The third kappa shape index (κ3) is 3.87. The van der Waals surface area contributed by atoms with Gasteiger partial charge in [0.05, 0.1) is 5.54 Å².